The number of anilines is 1. The third-order valence-electron chi connectivity index (χ3n) is 4.42. The van der Waals surface area contributed by atoms with Gasteiger partial charge in [-0.05, 0) is 24.3 Å². The van der Waals surface area contributed by atoms with Crippen LogP contribution in [0, 0.1) is 0 Å². The van der Waals surface area contributed by atoms with E-state index >= 15 is 0 Å². The summed E-state index contributed by atoms with van der Waals surface area (Å²) in [7, 11) is 0. The van der Waals surface area contributed by atoms with Crippen LogP contribution in [0.5, 0.6) is 23.3 Å². The monoisotopic (exact) mass is 381 g/mol. The van der Waals surface area contributed by atoms with Crippen LogP contribution in [0.25, 0.3) is 21.8 Å². The van der Waals surface area contributed by atoms with Crippen LogP contribution in [0.1, 0.15) is 0 Å². The van der Waals surface area contributed by atoms with Crippen LogP contribution in [0.4, 0.5) is 5.69 Å². The molecule has 29 heavy (non-hydrogen) atoms. The molecule has 0 unspecified atom stereocenters. The molecule has 2 aromatic carbocycles. The van der Waals surface area contributed by atoms with Crippen molar-refractivity contribution in [2.24, 2.45) is 0 Å². The Kier molecular flexibility index (Phi) is 4.10. The molecule has 7 heteroatoms. The number of ether oxygens (including phenoxy) is 2. The largest absolute Gasteiger partial charge is 0.435 e. The number of fused-ring (bicyclic) bond motifs is 2. The molecule has 0 aliphatic carbocycles. The SMILES string of the molecule is Nc1c(Oc2cccc3cccnc23)ncnc1Oc1cccc2cccnc12. The molecule has 0 bridgehead atoms. The zero-order chi connectivity index (χ0) is 19.6. The number of hydrogen-bond donors (Lipinski definition) is 1. The Morgan fingerprint density at radius 3 is 1.59 bits per heavy atom. The van der Waals surface area contributed by atoms with E-state index in [1.165, 1.54) is 6.33 Å². The molecular formula is C22H15N5O2. The lowest BCUT2D eigenvalue weighted by Crippen LogP contribution is -2.01. The zero-order valence-corrected chi connectivity index (χ0v) is 15.2. The number of pyridine rings is 2. The van der Waals surface area contributed by atoms with Gasteiger partial charge < -0.3 is 15.2 Å². The predicted molar refractivity (Wildman–Crippen MR) is 110 cm³/mol. The van der Waals surface area contributed by atoms with Crippen LogP contribution in [-0.2, 0) is 0 Å². The van der Waals surface area contributed by atoms with Gasteiger partial charge in [0.1, 0.15) is 17.4 Å². The van der Waals surface area contributed by atoms with Crippen molar-refractivity contribution in [2.75, 3.05) is 5.73 Å². The third-order valence-corrected chi connectivity index (χ3v) is 4.42. The third kappa shape index (κ3) is 3.14. The van der Waals surface area contributed by atoms with E-state index in [0.717, 1.165) is 10.8 Å². The topological polar surface area (TPSA) is 96.0 Å². The quantitative estimate of drug-likeness (QED) is 0.480. The van der Waals surface area contributed by atoms with Crippen LogP contribution < -0.4 is 15.2 Å². The van der Waals surface area contributed by atoms with Gasteiger partial charge in [-0.3, -0.25) is 9.97 Å². The van der Waals surface area contributed by atoms with Crippen LogP contribution in [0.2, 0.25) is 0 Å². The van der Waals surface area contributed by atoms with E-state index in [1.54, 1.807) is 12.4 Å². The van der Waals surface area contributed by atoms with E-state index in [1.807, 2.05) is 60.7 Å². The first kappa shape index (κ1) is 16.9. The summed E-state index contributed by atoms with van der Waals surface area (Å²) in [6.07, 6.45) is 4.76. The van der Waals surface area contributed by atoms with Gasteiger partial charge in [-0.2, -0.15) is 9.97 Å². The normalized spacial score (nSPS) is 10.9. The molecule has 5 aromatic rings. The van der Waals surface area contributed by atoms with Crippen molar-refractivity contribution in [3.63, 3.8) is 0 Å². The summed E-state index contributed by atoms with van der Waals surface area (Å²) >= 11 is 0. The molecule has 0 saturated heterocycles. The fourth-order valence-corrected chi connectivity index (χ4v) is 3.05. The van der Waals surface area contributed by atoms with Crippen LogP contribution in [-0.4, -0.2) is 19.9 Å². The minimum atomic E-state index is 0.188. The molecular weight excluding hydrogens is 366 g/mol. The number of aromatic nitrogens is 4. The second-order valence-corrected chi connectivity index (χ2v) is 6.26. The van der Waals surface area contributed by atoms with Gasteiger partial charge in [0.05, 0.1) is 0 Å². The van der Waals surface area contributed by atoms with Gasteiger partial charge in [-0.25, -0.2) is 0 Å². The van der Waals surface area contributed by atoms with Gasteiger partial charge in [-0.1, -0.05) is 36.4 Å². The lowest BCUT2D eigenvalue weighted by molar-refractivity contribution is 0.442. The van der Waals surface area contributed by atoms with Gasteiger partial charge in [0.2, 0.25) is 11.8 Å². The predicted octanol–water partition coefficient (Wildman–Crippen LogP) is 4.74. The van der Waals surface area contributed by atoms with Crippen molar-refractivity contribution in [3.8, 4) is 23.3 Å². The van der Waals surface area contributed by atoms with Crippen LogP contribution in [0.3, 0.4) is 0 Å². The van der Waals surface area contributed by atoms with E-state index in [0.29, 0.717) is 22.5 Å². The Balaban J connectivity index is 1.52. The summed E-state index contributed by atoms with van der Waals surface area (Å²) in [4.78, 5) is 17.1. The molecule has 0 radical (unpaired) electrons. The number of hydrogen-bond acceptors (Lipinski definition) is 7. The number of nitrogens with zero attached hydrogens (tertiary/aromatic N) is 4. The molecule has 3 aromatic heterocycles. The Morgan fingerprint density at radius 2 is 1.07 bits per heavy atom. The summed E-state index contributed by atoms with van der Waals surface area (Å²) in [6.45, 7) is 0. The first-order valence-corrected chi connectivity index (χ1v) is 8.93. The van der Waals surface area contributed by atoms with Crippen LogP contribution >= 0.6 is 0 Å². The first-order chi connectivity index (χ1) is 14.3. The van der Waals surface area contributed by atoms with Crippen molar-refractivity contribution < 1.29 is 9.47 Å². The van der Waals surface area contributed by atoms with Crippen molar-refractivity contribution >= 4 is 27.5 Å². The summed E-state index contributed by atoms with van der Waals surface area (Å²) in [5, 5.41) is 1.91. The highest BCUT2D eigenvalue weighted by Crippen LogP contribution is 2.36. The number of rotatable bonds is 4. The van der Waals surface area contributed by atoms with Gasteiger partial charge in [0, 0.05) is 23.2 Å². The van der Waals surface area contributed by atoms with Gasteiger partial charge in [0.25, 0.3) is 0 Å². The molecule has 0 amide bonds. The highest BCUT2D eigenvalue weighted by atomic mass is 16.5. The minimum absolute atomic E-state index is 0.188. The van der Waals surface area contributed by atoms with Gasteiger partial charge >= 0.3 is 0 Å². The lowest BCUT2D eigenvalue weighted by Gasteiger charge is -2.12. The molecule has 0 saturated carbocycles. The molecule has 0 aliphatic rings. The van der Waals surface area contributed by atoms with E-state index < -0.39 is 0 Å². The summed E-state index contributed by atoms with van der Waals surface area (Å²) < 4.78 is 11.9. The second kappa shape index (κ2) is 7.05. The lowest BCUT2D eigenvalue weighted by atomic mass is 10.2. The maximum Gasteiger partial charge on any atom is 0.249 e. The molecule has 0 atom stereocenters. The first-order valence-electron chi connectivity index (χ1n) is 8.93. The Labute approximate surface area is 165 Å². The maximum atomic E-state index is 6.25. The van der Waals surface area contributed by atoms with E-state index in [4.69, 9.17) is 15.2 Å². The summed E-state index contributed by atoms with van der Waals surface area (Å²) in [5.74, 6) is 1.49. The smallest absolute Gasteiger partial charge is 0.249 e. The Bertz CT molecular complexity index is 1230. The molecule has 3 heterocycles. The fraction of sp³-hybridized carbons (Fsp3) is 0. The average molecular weight is 381 g/mol. The Morgan fingerprint density at radius 1 is 0.586 bits per heavy atom. The summed E-state index contributed by atoms with van der Waals surface area (Å²) in [5.41, 5.74) is 7.87. The zero-order valence-electron chi connectivity index (χ0n) is 15.2. The van der Waals surface area contributed by atoms with E-state index in [9.17, 15) is 0 Å². The number of nitrogen functional groups attached to an aromatic ring is 1. The highest BCUT2D eigenvalue weighted by molar-refractivity contribution is 5.85. The van der Waals surface area contributed by atoms with Crippen molar-refractivity contribution in [2.45, 2.75) is 0 Å². The molecule has 0 fully saturated rings. The average Bonchev–Trinajstić information content (AvgIpc) is 2.77. The number of nitrogens with two attached hydrogens (primary N) is 1. The Hall–Kier alpha value is -4.26. The molecule has 0 aliphatic heterocycles. The second-order valence-electron chi connectivity index (χ2n) is 6.26. The fourth-order valence-electron chi connectivity index (χ4n) is 3.05. The standard InChI is InChI=1S/C22H15N5O2/c23-18-21(28-16-9-1-5-14-7-3-11-24-19(14)16)26-13-27-22(18)29-17-10-2-6-15-8-4-12-25-20(15)17/h1-13H,23H2. The highest BCUT2D eigenvalue weighted by Gasteiger charge is 2.15. The molecule has 7 nitrogen and oxygen atoms in total. The van der Waals surface area contributed by atoms with E-state index in [-0.39, 0.29) is 17.4 Å². The minimum Gasteiger partial charge on any atom is -0.435 e. The van der Waals surface area contributed by atoms with Gasteiger partial charge in [-0.15, -0.1) is 0 Å². The molecule has 0 spiro atoms. The van der Waals surface area contributed by atoms with E-state index in [2.05, 4.69) is 19.9 Å². The van der Waals surface area contributed by atoms with Crippen molar-refractivity contribution in [3.05, 3.63) is 79.4 Å². The number of para-hydroxylation sites is 2. The maximum absolute atomic E-state index is 6.25. The molecule has 5 rings (SSSR count). The number of benzene rings is 2. The molecule has 140 valence electrons. The van der Waals surface area contributed by atoms with Gasteiger partial charge in [0.15, 0.2) is 17.2 Å². The van der Waals surface area contributed by atoms with Crippen LogP contribution in [0.15, 0.2) is 79.4 Å². The van der Waals surface area contributed by atoms with Crippen molar-refractivity contribution in [1.82, 2.24) is 19.9 Å². The summed E-state index contributed by atoms with van der Waals surface area (Å²) in [6, 6.07) is 19.0. The molecule has 2 N–H and O–H groups in total. The van der Waals surface area contributed by atoms with Crippen molar-refractivity contribution in [1.29, 1.82) is 0 Å².